The Hall–Kier alpha value is -3.80. The second-order valence-corrected chi connectivity index (χ2v) is 9.66. The summed E-state index contributed by atoms with van der Waals surface area (Å²) in [5, 5.41) is 8.70. The number of hydrogen-bond acceptors (Lipinski definition) is 2. The van der Waals surface area contributed by atoms with Crippen molar-refractivity contribution in [2.75, 3.05) is 6.54 Å². The molecule has 1 amide bonds. The third-order valence-corrected chi connectivity index (χ3v) is 7.16. The van der Waals surface area contributed by atoms with E-state index in [4.69, 9.17) is 28.3 Å². The Bertz CT molecular complexity index is 1470. The van der Waals surface area contributed by atoms with Gasteiger partial charge in [-0.15, -0.1) is 0 Å². The van der Waals surface area contributed by atoms with Crippen LogP contribution < -0.4 is 5.32 Å². The second kappa shape index (κ2) is 11.1. The molecule has 2 aromatic heterocycles. The zero-order valence-electron chi connectivity index (χ0n) is 20.3. The number of aryl methyl sites for hydroxylation is 1. The number of rotatable bonds is 8. The van der Waals surface area contributed by atoms with Crippen LogP contribution in [0.3, 0.4) is 0 Å². The highest BCUT2D eigenvalue weighted by Gasteiger charge is 2.20. The van der Waals surface area contributed by atoms with Gasteiger partial charge in [0.15, 0.2) is 0 Å². The summed E-state index contributed by atoms with van der Waals surface area (Å²) in [4.78, 5) is 13.5. The second-order valence-electron chi connectivity index (χ2n) is 8.85. The molecule has 7 heteroatoms. The Kier molecular flexibility index (Phi) is 7.45. The van der Waals surface area contributed by atoms with Crippen molar-refractivity contribution in [3.63, 3.8) is 0 Å². The van der Waals surface area contributed by atoms with Gasteiger partial charge >= 0.3 is 0 Å². The molecule has 3 aromatic carbocycles. The molecule has 37 heavy (non-hydrogen) atoms. The van der Waals surface area contributed by atoms with E-state index in [1.54, 1.807) is 28.9 Å². The lowest BCUT2D eigenvalue weighted by Gasteiger charge is -2.18. The van der Waals surface area contributed by atoms with Gasteiger partial charge in [-0.2, -0.15) is 5.10 Å². The van der Waals surface area contributed by atoms with E-state index in [1.165, 1.54) is 11.1 Å². The number of halogens is 2. The molecule has 0 radical (unpaired) electrons. The van der Waals surface area contributed by atoms with Crippen LogP contribution in [-0.2, 0) is 7.05 Å². The number of carbonyl (C=O) groups excluding carboxylic acids is 1. The summed E-state index contributed by atoms with van der Waals surface area (Å²) in [6.45, 7) is 0.499. The number of nitrogens with one attached hydrogen (secondary N) is 1. The molecule has 0 unspecified atom stereocenters. The van der Waals surface area contributed by atoms with Crippen molar-refractivity contribution in [3.05, 3.63) is 130 Å². The molecule has 0 saturated carbocycles. The molecule has 0 aliphatic carbocycles. The minimum atomic E-state index is -0.209. The van der Waals surface area contributed by atoms with Crippen LogP contribution in [0, 0.1) is 0 Å². The monoisotopic (exact) mass is 528 g/mol. The number of nitrogens with zero attached hydrogens (tertiary/aromatic N) is 3. The number of hydrogen-bond donors (Lipinski definition) is 1. The van der Waals surface area contributed by atoms with Gasteiger partial charge in [-0.05, 0) is 53.9 Å². The van der Waals surface area contributed by atoms with Gasteiger partial charge in [0.05, 0.1) is 21.4 Å². The Morgan fingerprint density at radius 1 is 0.865 bits per heavy atom. The SMILES string of the molecule is Cn1cccc1-c1cc(C(=O)NCCC(c2ccccc2)c2ccccc2)n(-c2ccc(Cl)c(Cl)c2)n1. The molecular weight excluding hydrogens is 503 g/mol. The van der Waals surface area contributed by atoms with Crippen molar-refractivity contribution in [1.29, 1.82) is 0 Å². The van der Waals surface area contributed by atoms with Gasteiger partial charge in [0.2, 0.25) is 0 Å². The predicted octanol–water partition coefficient (Wildman–Crippen LogP) is 7.14. The van der Waals surface area contributed by atoms with Crippen LogP contribution >= 0.6 is 23.2 Å². The third kappa shape index (κ3) is 5.48. The highest BCUT2D eigenvalue weighted by atomic mass is 35.5. The van der Waals surface area contributed by atoms with Crippen molar-refractivity contribution in [3.8, 4) is 17.1 Å². The fourth-order valence-electron chi connectivity index (χ4n) is 4.53. The van der Waals surface area contributed by atoms with E-state index >= 15 is 0 Å². The van der Waals surface area contributed by atoms with Crippen molar-refractivity contribution in [1.82, 2.24) is 19.7 Å². The smallest absolute Gasteiger partial charge is 0.270 e. The van der Waals surface area contributed by atoms with Crippen molar-refractivity contribution >= 4 is 29.1 Å². The average molecular weight is 529 g/mol. The standard InChI is InChI=1S/C30H26Cl2N4O/c1-35-18-8-13-28(35)27-20-29(36(34-27)23-14-15-25(31)26(32)19-23)30(37)33-17-16-24(21-9-4-2-5-10-21)22-11-6-3-7-12-22/h2-15,18-20,24H,16-17H2,1H3,(H,33,37). The largest absolute Gasteiger partial charge is 0.351 e. The summed E-state index contributed by atoms with van der Waals surface area (Å²) in [5.41, 5.74) is 5.11. The first-order valence-corrected chi connectivity index (χ1v) is 12.8. The average Bonchev–Trinajstić information content (AvgIpc) is 3.55. The fourth-order valence-corrected chi connectivity index (χ4v) is 4.82. The molecule has 0 atom stereocenters. The van der Waals surface area contributed by atoms with Gasteiger partial charge in [-0.25, -0.2) is 4.68 Å². The highest BCUT2D eigenvalue weighted by Crippen LogP contribution is 2.29. The maximum atomic E-state index is 13.5. The summed E-state index contributed by atoms with van der Waals surface area (Å²) in [6.07, 6.45) is 2.70. The summed E-state index contributed by atoms with van der Waals surface area (Å²) >= 11 is 12.4. The van der Waals surface area contributed by atoms with Gasteiger partial charge < -0.3 is 9.88 Å². The van der Waals surface area contributed by atoms with Crippen LogP contribution in [0.2, 0.25) is 10.0 Å². The van der Waals surface area contributed by atoms with E-state index in [0.29, 0.717) is 33.7 Å². The highest BCUT2D eigenvalue weighted by molar-refractivity contribution is 6.42. The Labute approximate surface area is 226 Å². The van der Waals surface area contributed by atoms with Crippen LogP contribution in [0.15, 0.2) is 103 Å². The molecule has 2 heterocycles. The van der Waals surface area contributed by atoms with Crippen molar-refractivity contribution in [2.45, 2.75) is 12.3 Å². The zero-order chi connectivity index (χ0) is 25.8. The molecular formula is C30H26Cl2N4O. The van der Waals surface area contributed by atoms with E-state index < -0.39 is 0 Å². The first-order chi connectivity index (χ1) is 18.0. The molecule has 5 aromatic rings. The predicted molar refractivity (Wildman–Crippen MR) is 150 cm³/mol. The molecule has 1 N–H and O–H groups in total. The molecule has 0 bridgehead atoms. The Morgan fingerprint density at radius 2 is 1.54 bits per heavy atom. The van der Waals surface area contributed by atoms with Crippen LogP contribution in [0.4, 0.5) is 0 Å². The molecule has 0 aliphatic heterocycles. The number of benzene rings is 3. The number of amides is 1. The number of aromatic nitrogens is 3. The minimum absolute atomic E-state index is 0.168. The van der Waals surface area contributed by atoms with Crippen molar-refractivity contribution in [2.24, 2.45) is 7.05 Å². The summed E-state index contributed by atoms with van der Waals surface area (Å²) in [6, 6.07) is 31.7. The van der Waals surface area contributed by atoms with Crippen LogP contribution in [-0.4, -0.2) is 26.8 Å². The van der Waals surface area contributed by atoms with Gasteiger partial charge in [-0.3, -0.25) is 4.79 Å². The molecule has 0 saturated heterocycles. The van der Waals surface area contributed by atoms with Gasteiger partial charge in [-0.1, -0.05) is 83.9 Å². The zero-order valence-corrected chi connectivity index (χ0v) is 21.8. The first kappa shape index (κ1) is 24.9. The fraction of sp³-hybridized carbons (Fsp3) is 0.133. The summed E-state index contributed by atoms with van der Waals surface area (Å²) < 4.78 is 3.58. The molecule has 5 rings (SSSR count). The Balaban J connectivity index is 1.41. The van der Waals surface area contributed by atoms with Crippen LogP contribution in [0.25, 0.3) is 17.1 Å². The summed E-state index contributed by atoms with van der Waals surface area (Å²) in [5.74, 6) is -0.0412. The Morgan fingerprint density at radius 3 is 2.14 bits per heavy atom. The summed E-state index contributed by atoms with van der Waals surface area (Å²) in [7, 11) is 1.94. The van der Waals surface area contributed by atoms with Crippen LogP contribution in [0.5, 0.6) is 0 Å². The van der Waals surface area contributed by atoms with Crippen molar-refractivity contribution < 1.29 is 4.79 Å². The lowest BCUT2D eigenvalue weighted by atomic mass is 9.88. The maximum absolute atomic E-state index is 13.5. The normalized spacial score (nSPS) is 11.1. The van der Waals surface area contributed by atoms with E-state index in [1.807, 2.05) is 66.3 Å². The van der Waals surface area contributed by atoms with E-state index in [-0.39, 0.29) is 11.8 Å². The maximum Gasteiger partial charge on any atom is 0.270 e. The molecule has 0 spiro atoms. The quantitative estimate of drug-likeness (QED) is 0.232. The molecule has 0 aliphatic rings. The topological polar surface area (TPSA) is 51.9 Å². The van der Waals surface area contributed by atoms with Crippen LogP contribution in [0.1, 0.15) is 34.0 Å². The van der Waals surface area contributed by atoms with E-state index in [2.05, 4.69) is 29.6 Å². The number of carbonyl (C=O) groups is 1. The van der Waals surface area contributed by atoms with E-state index in [0.717, 1.165) is 12.1 Å². The minimum Gasteiger partial charge on any atom is -0.351 e. The van der Waals surface area contributed by atoms with Gasteiger partial charge in [0, 0.05) is 25.7 Å². The lowest BCUT2D eigenvalue weighted by Crippen LogP contribution is -2.28. The van der Waals surface area contributed by atoms with Gasteiger partial charge in [0.1, 0.15) is 11.4 Å². The van der Waals surface area contributed by atoms with E-state index in [9.17, 15) is 4.79 Å². The van der Waals surface area contributed by atoms with Gasteiger partial charge in [0.25, 0.3) is 5.91 Å². The first-order valence-electron chi connectivity index (χ1n) is 12.1. The third-order valence-electron chi connectivity index (χ3n) is 6.42. The molecule has 0 fully saturated rings. The molecule has 5 nitrogen and oxygen atoms in total. The molecule has 186 valence electrons. The lowest BCUT2D eigenvalue weighted by molar-refractivity contribution is 0.0945.